The third-order valence-corrected chi connectivity index (χ3v) is 4.73. The summed E-state index contributed by atoms with van der Waals surface area (Å²) in [7, 11) is 0. The van der Waals surface area contributed by atoms with Gasteiger partial charge in [-0.3, -0.25) is 0 Å². The zero-order valence-electron chi connectivity index (χ0n) is 10.0. The number of thioether (sulfide) groups is 1. The van der Waals surface area contributed by atoms with E-state index in [1.165, 1.54) is 29.1 Å². The second-order valence-electron chi connectivity index (χ2n) is 4.90. The average molecular weight is 249 g/mol. The van der Waals surface area contributed by atoms with Crippen LogP contribution in [0, 0.1) is 5.92 Å². The van der Waals surface area contributed by atoms with Gasteiger partial charge in [0.15, 0.2) is 0 Å². The zero-order valence-corrected chi connectivity index (χ0v) is 10.8. The number of benzene rings is 1. The molecule has 2 atom stereocenters. The van der Waals surface area contributed by atoms with Crippen molar-refractivity contribution in [3.8, 4) is 0 Å². The maximum atomic E-state index is 5.42. The van der Waals surface area contributed by atoms with Crippen LogP contribution in [0.1, 0.15) is 23.6 Å². The number of ether oxygens (including phenoxy) is 1. The van der Waals surface area contributed by atoms with Crippen molar-refractivity contribution in [2.24, 2.45) is 5.92 Å². The standard InChI is InChI=1S/C14H19NOS/c1-2-4-13-12(3-1)9-17-10-14(13)15-7-11-5-6-16-8-11/h1-4,11,14-15H,5-10H2. The molecule has 0 radical (unpaired) electrons. The third-order valence-electron chi connectivity index (χ3n) is 3.65. The Hall–Kier alpha value is -0.510. The molecule has 3 heteroatoms. The minimum atomic E-state index is 0.533. The van der Waals surface area contributed by atoms with Crippen LogP contribution in [-0.4, -0.2) is 25.5 Å². The lowest BCUT2D eigenvalue weighted by atomic mass is 10.0. The molecule has 1 fully saturated rings. The van der Waals surface area contributed by atoms with Crippen LogP contribution in [0.4, 0.5) is 0 Å². The van der Waals surface area contributed by atoms with Crippen LogP contribution in [0.15, 0.2) is 24.3 Å². The van der Waals surface area contributed by atoms with E-state index in [0.717, 1.165) is 19.8 Å². The lowest BCUT2D eigenvalue weighted by Crippen LogP contribution is -2.31. The minimum absolute atomic E-state index is 0.533. The fourth-order valence-electron chi connectivity index (χ4n) is 2.60. The van der Waals surface area contributed by atoms with E-state index in [-0.39, 0.29) is 0 Å². The first-order valence-electron chi connectivity index (χ1n) is 6.40. The number of hydrogen-bond donors (Lipinski definition) is 1. The molecule has 2 aliphatic heterocycles. The molecule has 1 aromatic rings. The largest absolute Gasteiger partial charge is 0.381 e. The van der Waals surface area contributed by atoms with Gasteiger partial charge in [-0.25, -0.2) is 0 Å². The highest BCUT2D eigenvalue weighted by atomic mass is 32.2. The number of fused-ring (bicyclic) bond motifs is 1. The van der Waals surface area contributed by atoms with Gasteiger partial charge in [-0.1, -0.05) is 24.3 Å². The molecule has 0 amide bonds. The molecule has 0 bridgehead atoms. The van der Waals surface area contributed by atoms with Gasteiger partial charge in [-0.05, 0) is 23.5 Å². The molecule has 0 spiro atoms. The lowest BCUT2D eigenvalue weighted by molar-refractivity contribution is 0.184. The second-order valence-corrected chi connectivity index (χ2v) is 5.93. The van der Waals surface area contributed by atoms with E-state index in [1.54, 1.807) is 0 Å². The molecule has 0 aromatic heterocycles. The van der Waals surface area contributed by atoms with Crippen LogP contribution in [0.3, 0.4) is 0 Å². The fraction of sp³-hybridized carbons (Fsp3) is 0.571. The quantitative estimate of drug-likeness (QED) is 0.889. The Labute approximate surface area is 107 Å². The van der Waals surface area contributed by atoms with Crippen LogP contribution in [0.5, 0.6) is 0 Å². The van der Waals surface area contributed by atoms with Gasteiger partial charge in [0.25, 0.3) is 0 Å². The highest BCUT2D eigenvalue weighted by Crippen LogP contribution is 2.31. The van der Waals surface area contributed by atoms with Crippen molar-refractivity contribution >= 4 is 11.8 Å². The Morgan fingerprint density at radius 1 is 1.35 bits per heavy atom. The Bertz CT molecular complexity index is 376. The zero-order chi connectivity index (χ0) is 11.5. The van der Waals surface area contributed by atoms with E-state index in [0.29, 0.717) is 12.0 Å². The summed E-state index contributed by atoms with van der Waals surface area (Å²) in [6, 6.07) is 9.37. The van der Waals surface area contributed by atoms with E-state index in [1.807, 2.05) is 11.8 Å². The molecule has 1 aromatic carbocycles. The van der Waals surface area contributed by atoms with Crippen molar-refractivity contribution in [1.82, 2.24) is 5.32 Å². The van der Waals surface area contributed by atoms with Gasteiger partial charge < -0.3 is 10.1 Å². The topological polar surface area (TPSA) is 21.3 Å². The van der Waals surface area contributed by atoms with Crippen molar-refractivity contribution in [1.29, 1.82) is 0 Å². The van der Waals surface area contributed by atoms with Gasteiger partial charge in [-0.2, -0.15) is 11.8 Å². The summed E-state index contributed by atoms with van der Waals surface area (Å²) >= 11 is 2.03. The first kappa shape index (κ1) is 11.6. The number of rotatable bonds is 3. The summed E-state index contributed by atoms with van der Waals surface area (Å²) in [5.41, 5.74) is 3.01. The van der Waals surface area contributed by atoms with Gasteiger partial charge in [0.1, 0.15) is 0 Å². The summed E-state index contributed by atoms with van der Waals surface area (Å²) in [5, 5.41) is 3.72. The smallest absolute Gasteiger partial charge is 0.0507 e. The van der Waals surface area contributed by atoms with Crippen molar-refractivity contribution < 1.29 is 4.74 Å². The van der Waals surface area contributed by atoms with E-state index in [4.69, 9.17) is 4.74 Å². The molecule has 17 heavy (non-hydrogen) atoms. The first-order valence-corrected chi connectivity index (χ1v) is 7.55. The molecule has 3 rings (SSSR count). The van der Waals surface area contributed by atoms with Gasteiger partial charge in [0.05, 0.1) is 6.61 Å². The Morgan fingerprint density at radius 3 is 3.18 bits per heavy atom. The number of nitrogens with one attached hydrogen (secondary N) is 1. The molecule has 2 heterocycles. The minimum Gasteiger partial charge on any atom is -0.381 e. The predicted molar refractivity (Wildman–Crippen MR) is 72.3 cm³/mol. The van der Waals surface area contributed by atoms with Crippen LogP contribution in [-0.2, 0) is 10.5 Å². The van der Waals surface area contributed by atoms with Gasteiger partial charge in [0.2, 0.25) is 0 Å². The van der Waals surface area contributed by atoms with E-state index in [2.05, 4.69) is 29.6 Å². The summed E-state index contributed by atoms with van der Waals surface area (Å²) in [4.78, 5) is 0. The normalized spacial score (nSPS) is 28.0. The lowest BCUT2D eigenvalue weighted by Gasteiger charge is -2.27. The van der Waals surface area contributed by atoms with Crippen molar-refractivity contribution in [3.63, 3.8) is 0 Å². The first-order chi connectivity index (χ1) is 8.43. The fourth-order valence-corrected chi connectivity index (χ4v) is 3.74. The molecule has 0 saturated carbocycles. The van der Waals surface area contributed by atoms with Gasteiger partial charge >= 0.3 is 0 Å². The number of hydrogen-bond acceptors (Lipinski definition) is 3. The van der Waals surface area contributed by atoms with E-state index >= 15 is 0 Å². The summed E-state index contributed by atoms with van der Waals surface area (Å²) < 4.78 is 5.42. The molecule has 2 unspecified atom stereocenters. The van der Waals surface area contributed by atoms with E-state index in [9.17, 15) is 0 Å². The molecule has 0 aliphatic carbocycles. The molecular formula is C14H19NOS. The molecular weight excluding hydrogens is 230 g/mol. The van der Waals surface area contributed by atoms with E-state index < -0.39 is 0 Å². The maximum Gasteiger partial charge on any atom is 0.0507 e. The maximum absolute atomic E-state index is 5.42. The third kappa shape index (κ3) is 2.67. The Balaban J connectivity index is 1.64. The molecule has 1 N–H and O–H groups in total. The predicted octanol–water partition coefficient (Wildman–Crippen LogP) is 2.60. The Kier molecular flexibility index (Phi) is 3.69. The highest BCUT2D eigenvalue weighted by Gasteiger charge is 2.22. The van der Waals surface area contributed by atoms with Crippen LogP contribution < -0.4 is 5.32 Å². The molecule has 2 aliphatic rings. The molecule has 2 nitrogen and oxygen atoms in total. The molecule has 92 valence electrons. The highest BCUT2D eigenvalue weighted by molar-refractivity contribution is 7.98. The molecule has 1 saturated heterocycles. The van der Waals surface area contributed by atoms with Crippen molar-refractivity contribution in [2.75, 3.05) is 25.5 Å². The van der Waals surface area contributed by atoms with Gasteiger partial charge in [-0.15, -0.1) is 0 Å². The summed E-state index contributed by atoms with van der Waals surface area (Å²) in [6.07, 6.45) is 1.22. The van der Waals surface area contributed by atoms with Crippen LogP contribution >= 0.6 is 11.8 Å². The summed E-state index contributed by atoms with van der Waals surface area (Å²) in [5.74, 6) is 3.08. The van der Waals surface area contributed by atoms with Crippen molar-refractivity contribution in [2.45, 2.75) is 18.2 Å². The Morgan fingerprint density at radius 2 is 2.29 bits per heavy atom. The van der Waals surface area contributed by atoms with Crippen LogP contribution in [0.2, 0.25) is 0 Å². The summed E-state index contributed by atoms with van der Waals surface area (Å²) in [6.45, 7) is 2.98. The average Bonchev–Trinajstić information content (AvgIpc) is 2.89. The SMILES string of the molecule is c1ccc2c(c1)CSCC2NCC1CCOC1. The second kappa shape index (κ2) is 5.42. The van der Waals surface area contributed by atoms with Crippen LogP contribution in [0.25, 0.3) is 0 Å². The van der Waals surface area contributed by atoms with Gasteiger partial charge in [0, 0.05) is 30.7 Å². The monoisotopic (exact) mass is 249 g/mol. The van der Waals surface area contributed by atoms with Crippen molar-refractivity contribution in [3.05, 3.63) is 35.4 Å².